The third-order valence-corrected chi connectivity index (χ3v) is 4.52. The number of hydrogen-bond acceptors (Lipinski definition) is 3. The quantitative estimate of drug-likeness (QED) is 0.526. The van der Waals surface area contributed by atoms with E-state index in [2.05, 4.69) is 43.6 Å². The molecular weight excluding hydrogens is 380 g/mol. The molecule has 0 aromatic heterocycles. The Morgan fingerprint density at radius 3 is 1.92 bits per heavy atom. The van der Waals surface area contributed by atoms with E-state index in [1.54, 1.807) is 0 Å². The van der Waals surface area contributed by atoms with E-state index in [1.807, 2.05) is 36.4 Å². The van der Waals surface area contributed by atoms with Crippen molar-refractivity contribution in [3.63, 3.8) is 0 Å². The number of hydrogen-bond donors (Lipinski definition) is 1. The topological polar surface area (TPSA) is 38.7 Å². The van der Waals surface area contributed by atoms with Crippen LogP contribution in [0.1, 0.15) is 57.1 Å². The van der Waals surface area contributed by atoms with E-state index in [0.717, 1.165) is 33.5 Å². The van der Waals surface area contributed by atoms with Crippen molar-refractivity contribution in [1.82, 2.24) is 0 Å². The van der Waals surface area contributed by atoms with E-state index in [9.17, 15) is 5.11 Å². The Morgan fingerprint density at radius 2 is 1.40 bits per heavy atom. The first-order valence-corrected chi connectivity index (χ1v) is 9.55. The molecular formula is C21H27BrO3. The number of phenols is 1. The fourth-order valence-electron chi connectivity index (χ4n) is 2.64. The number of ether oxygens (including phenoxy) is 2. The molecule has 136 valence electrons. The van der Waals surface area contributed by atoms with Crippen molar-refractivity contribution in [3.8, 4) is 17.2 Å². The van der Waals surface area contributed by atoms with Crippen LogP contribution in [0.4, 0.5) is 0 Å². The van der Waals surface area contributed by atoms with E-state index in [1.165, 1.54) is 0 Å². The van der Waals surface area contributed by atoms with Crippen LogP contribution in [0, 0.1) is 0 Å². The zero-order valence-electron chi connectivity index (χ0n) is 15.4. The fraction of sp³-hybridized carbons (Fsp3) is 0.429. The molecule has 1 N–H and O–H groups in total. The van der Waals surface area contributed by atoms with Crippen LogP contribution >= 0.6 is 15.9 Å². The highest BCUT2D eigenvalue weighted by atomic mass is 79.9. The minimum atomic E-state index is 0.290. The first kappa shape index (κ1) is 19.6. The predicted octanol–water partition coefficient (Wildman–Crippen LogP) is 6.25. The van der Waals surface area contributed by atoms with Gasteiger partial charge >= 0.3 is 0 Å². The summed E-state index contributed by atoms with van der Waals surface area (Å²) in [6.07, 6.45) is 0.798. The molecule has 0 aliphatic carbocycles. The Balaban J connectivity index is 1.96. The molecule has 0 spiro atoms. The van der Waals surface area contributed by atoms with Gasteiger partial charge in [-0.15, -0.1) is 0 Å². The van der Waals surface area contributed by atoms with E-state index in [-0.39, 0.29) is 0 Å². The number of aromatic hydroxyl groups is 1. The molecule has 0 heterocycles. The Hall–Kier alpha value is -1.68. The van der Waals surface area contributed by atoms with Crippen molar-refractivity contribution in [2.45, 2.75) is 46.0 Å². The summed E-state index contributed by atoms with van der Waals surface area (Å²) in [5, 5.41) is 9.99. The van der Waals surface area contributed by atoms with Gasteiger partial charge in [0.05, 0.1) is 13.2 Å². The van der Waals surface area contributed by atoms with Gasteiger partial charge in [-0.3, -0.25) is 0 Å². The number of phenolic OH excluding ortho intramolecular Hbond substituents is 1. The molecule has 0 saturated carbocycles. The third kappa shape index (κ3) is 5.67. The van der Waals surface area contributed by atoms with E-state index in [4.69, 9.17) is 9.47 Å². The minimum Gasteiger partial charge on any atom is -0.508 e. The van der Waals surface area contributed by atoms with Crippen LogP contribution in [-0.4, -0.2) is 18.3 Å². The van der Waals surface area contributed by atoms with Crippen molar-refractivity contribution in [2.24, 2.45) is 0 Å². The number of benzene rings is 2. The highest BCUT2D eigenvalue weighted by molar-refractivity contribution is 9.10. The molecule has 0 aliphatic heterocycles. The highest BCUT2D eigenvalue weighted by Crippen LogP contribution is 2.37. The van der Waals surface area contributed by atoms with Crippen LogP contribution < -0.4 is 9.47 Å². The summed E-state index contributed by atoms with van der Waals surface area (Å²) < 4.78 is 12.9. The van der Waals surface area contributed by atoms with Gasteiger partial charge in [-0.25, -0.2) is 0 Å². The van der Waals surface area contributed by atoms with Crippen LogP contribution in [0.25, 0.3) is 0 Å². The van der Waals surface area contributed by atoms with Gasteiger partial charge in [0.15, 0.2) is 0 Å². The Kier molecular flexibility index (Phi) is 7.18. The first-order valence-electron chi connectivity index (χ1n) is 8.76. The lowest BCUT2D eigenvalue weighted by Crippen LogP contribution is -2.09. The normalized spacial score (nSPS) is 11.2. The summed E-state index contributed by atoms with van der Waals surface area (Å²) in [6.45, 7) is 9.64. The van der Waals surface area contributed by atoms with Crippen molar-refractivity contribution in [2.75, 3.05) is 13.2 Å². The summed E-state index contributed by atoms with van der Waals surface area (Å²) in [5.41, 5.74) is 2.11. The molecule has 25 heavy (non-hydrogen) atoms. The summed E-state index contributed by atoms with van der Waals surface area (Å²) >= 11 is 3.41. The van der Waals surface area contributed by atoms with Gasteiger partial charge in [0.1, 0.15) is 17.2 Å². The minimum absolute atomic E-state index is 0.290. The Bertz CT molecular complexity index is 649. The molecule has 0 unspecified atom stereocenters. The zero-order chi connectivity index (χ0) is 18.4. The van der Waals surface area contributed by atoms with Gasteiger partial charge in [0.25, 0.3) is 0 Å². The van der Waals surface area contributed by atoms with Crippen LogP contribution in [-0.2, 0) is 0 Å². The van der Waals surface area contributed by atoms with Gasteiger partial charge in [0.2, 0.25) is 0 Å². The van der Waals surface area contributed by atoms with Crippen molar-refractivity contribution in [3.05, 3.63) is 52.0 Å². The lowest BCUT2D eigenvalue weighted by molar-refractivity contribution is 0.244. The third-order valence-electron chi connectivity index (χ3n) is 3.99. The van der Waals surface area contributed by atoms with Crippen LogP contribution in [0.3, 0.4) is 0 Å². The van der Waals surface area contributed by atoms with Crippen molar-refractivity contribution >= 4 is 15.9 Å². The van der Waals surface area contributed by atoms with Crippen LogP contribution in [0.2, 0.25) is 0 Å². The lowest BCUT2D eigenvalue weighted by atomic mass is 9.93. The standard InChI is InChI=1S/C21H27BrO3/c1-14(2)19-12-17(23)13-20(15(3)4)21(19)25-11-5-10-24-18-8-6-16(22)7-9-18/h6-9,12-15,23H,5,10-11H2,1-4H3. The second-order valence-electron chi connectivity index (χ2n) is 6.77. The average molecular weight is 407 g/mol. The lowest BCUT2D eigenvalue weighted by Gasteiger charge is -2.20. The van der Waals surface area contributed by atoms with Crippen molar-refractivity contribution in [1.29, 1.82) is 0 Å². The first-order chi connectivity index (χ1) is 11.9. The predicted molar refractivity (Wildman–Crippen MR) is 106 cm³/mol. The molecule has 0 aliphatic rings. The summed E-state index contributed by atoms with van der Waals surface area (Å²) in [7, 11) is 0. The van der Waals surface area contributed by atoms with Crippen LogP contribution in [0.15, 0.2) is 40.9 Å². The van der Waals surface area contributed by atoms with Crippen LogP contribution in [0.5, 0.6) is 17.2 Å². The van der Waals surface area contributed by atoms with Gasteiger partial charge in [-0.05, 0) is 48.2 Å². The maximum absolute atomic E-state index is 9.99. The largest absolute Gasteiger partial charge is 0.508 e. The molecule has 2 aromatic carbocycles. The maximum Gasteiger partial charge on any atom is 0.126 e. The molecule has 2 rings (SSSR count). The molecule has 0 fully saturated rings. The molecule has 0 atom stereocenters. The molecule has 2 aromatic rings. The molecule has 3 nitrogen and oxygen atoms in total. The van der Waals surface area contributed by atoms with Crippen molar-refractivity contribution < 1.29 is 14.6 Å². The van der Waals surface area contributed by atoms with E-state index < -0.39 is 0 Å². The average Bonchev–Trinajstić information content (AvgIpc) is 2.56. The second kappa shape index (κ2) is 9.14. The number of rotatable bonds is 8. The highest BCUT2D eigenvalue weighted by Gasteiger charge is 2.17. The summed E-state index contributed by atoms with van der Waals surface area (Å²) in [6, 6.07) is 11.4. The van der Waals surface area contributed by atoms with Gasteiger partial charge in [-0.2, -0.15) is 0 Å². The fourth-order valence-corrected chi connectivity index (χ4v) is 2.90. The smallest absolute Gasteiger partial charge is 0.126 e. The summed E-state index contributed by atoms with van der Waals surface area (Å²) in [4.78, 5) is 0. The monoisotopic (exact) mass is 406 g/mol. The van der Waals surface area contributed by atoms with E-state index >= 15 is 0 Å². The molecule has 0 amide bonds. The molecule has 0 bridgehead atoms. The molecule has 0 radical (unpaired) electrons. The SMILES string of the molecule is CC(C)c1cc(O)cc(C(C)C)c1OCCCOc1ccc(Br)cc1. The number of halogens is 1. The van der Waals surface area contributed by atoms with E-state index in [0.29, 0.717) is 30.8 Å². The molecule has 4 heteroatoms. The molecule has 0 saturated heterocycles. The van der Waals surface area contributed by atoms with Gasteiger partial charge < -0.3 is 14.6 Å². The van der Waals surface area contributed by atoms with Gasteiger partial charge in [0, 0.05) is 22.0 Å². The zero-order valence-corrected chi connectivity index (χ0v) is 17.0. The Labute approximate surface area is 159 Å². The Morgan fingerprint density at radius 1 is 0.880 bits per heavy atom. The van der Waals surface area contributed by atoms with Gasteiger partial charge in [-0.1, -0.05) is 43.6 Å². The second-order valence-corrected chi connectivity index (χ2v) is 7.68. The maximum atomic E-state index is 9.99. The summed E-state index contributed by atoms with van der Waals surface area (Å²) in [5.74, 6) is 2.65.